The second-order valence-electron chi connectivity index (χ2n) is 6.39. The Morgan fingerprint density at radius 2 is 1.30 bits per heavy atom. The van der Waals surface area contributed by atoms with Gasteiger partial charge in [0.2, 0.25) is 10.0 Å². The lowest BCUT2D eigenvalue weighted by Gasteiger charge is -2.27. The van der Waals surface area contributed by atoms with Crippen LogP contribution in [0.3, 0.4) is 0 Å². The summed E-state index contributed by atoms with van der Waals surface area (Å²) in [6, 6.07) is 25.3. The van der Waals surface area contributed by atoms with Gasteiger partial charge in [-0.1, -0.05) is 78.4 Å². The zero-order valence-corrected chi connectivity index (χ0v) is 16.2. The molecule has 0 fully saturated rings. The van der Waals surface area contributed by atoms with E-state index in [0.717, 1.165) is 16.7 Å². The molecule has 0 aromatic heterocycles. The minimum Gasteiger partial charge on any atom is -0.375 e. The second kappa shape index (κ2) is 8.48. The summed E-state index contributed by atoms with van der Waals surface area (Å²) in [6.07, 6.45) is -0.464. The minimum atomic E-state index is -3.72. The van der Waals surface area contributed by atoms with Crippen molar-refractivity contribution in [3.8, 4) is 0 Å². The van der Waals surface area contributed by atoms with E-state index in [1.807, 2.05) is 67.6 Å². The zero-order valence-electron chi connectivity index (χ0n) is 15.4. The highest BCUT2D eigenvalue weighted by Crippen LogP contribution is 2.33. The fourth-order valence-corrected chi connectivity index (χ4v) is 4.25. The molecule has 2 atom stereocenters. The fourth-order valence-electron chi connectivity index (χ4n) is 3.02. The number of hydrogen-bond donors (Lipinski definition) is 1. The van der Waals surface area contributed by atoms with E-state index >= 15 is 0 Å². The summed E-state index contributed by atoms with van der Waals surface area (Å²) in [7, 11) is -2.13. The molecule has 0 saturated heterocycles. The van der Waals surface area contributed by atoms with E-state index in [0.29, 0.717) is 0 Å². The number of rotatable bonds is 7. The number of hydrogen-bond acceptors (Lipinski definition) is 3. The van der Waals surface area contributed by atoms with E-state index in [1.54, 1.807) is 31.4 Å². The van der Waals surface area contributed by atoms with Gasteiger partial charge in [0, 0.05) is 7.11 Å². The van der Waals surface area contributed by atoms with E-state index < -0.39 is 22.2 Å². The van der Waals surface area contributed by atoms with Gasteiger partial charge in [0.05, 0.1) is 10.9 Å². The Kier molecular flexibility index (Phi) is 6.06. The minimum absolute atomic E-state index is 0.233. The molecule has 140 valence electrons. The highest BCUT2D eigenvalue weighted by molar-refractivity contribution is 7.89. The van der Waals surface area contributed by atoms with Crippen molar-refractivity contribution in [3.63, 3.8) is 0 Å². The van der Waals surface area contributed by atoms with E-state index in [4.69, 9.17) is 4.74 Å². The molecule has 0 aliphatic rings. The Bertz CT molecular complexity index is 955. The quantitative estimate of drug-likeness (QED) is 0.660. The summed E-state index contributed by atoms with van der Waals surface area (Å²) in [5.41, 5.74) is 2.75. The van der Waals surface area contributed by atoms with Crippen molar-refractivity contribution < 1.29 is 13.2 Å². The lowest BCUT2D eigenvalue weighted by molar-refractivity contribution is 0.0749. The molecule has 0 bridgehead atoms. The molecule has 0 spiro atoms. The first kappa shape index (κ1) is 19.3. The van der Waals surface area contributed by atoms with Crippen LogP contribution in [0.1, 0.15) is 28.8 Å². The Labute approximate surface area is 160 Å². The first-order chi connectivity index (χ1) is 13.0. The summed E-state index contributed by atoms with van der Waals surface area (Å²) in [5.74, 6) is 0. The van der Waals surface area contributed by atoms with Crippen LogP contribution in [-0.2, 0) is 14.8 Å². The number of aryl methyl sites for hydroxylation is 1. The second-order valence-corrected chi connectivity index (χ2v) is 8.10. The third-order valence-electron chi connectivity index (χ3n) is 4.46. The molecule has 0 radical (unpaired) electrons. The monoisotopic (exact) mass is 381 g/mol. The highest BCUT2D eigenvalue weighted by atomic mass is 32.2. The lowest BCUT2D eigenvalue weighted by atomic mass is 9.96. The molecule has 27 heavy (non-hydrogen) atoms. The molecular formula is C22H23NO3S. The third kappa shape index (κ3) is 4.63. The Hall–Kier alpha value is -2.47. The van der Waals surface area contributed by atoms with Crippen LogP contribution in [0.25, 0.3) is 0 Å². The summed E-state index contributed by atoms with van der Waals surface area (Å²) in [4.78, 5) is 0.233. The van der Waals surface area contributed by atoms with Crippen molar-refractivity contribution in [2.75, 3.05) is 7.11 Å². The van der Waals surface area contributed by atoms with Crippen LogP contribution in [-0.4, -0.2) is 15.5 Å². The van der Waals surface area contributed by atoms with E-state index in [9.17, 15) is 8.42 Å². The molecule has 0 aliphatic carbocycles. The number of nitrogens with one attached hydrogen (secondary N) is 1. The predicted octanol–water partition coefficient (Wildman–Crippen LogP) is 4.40. The molecule has 0 saturated carbocycles. The highest BCUT2D eigenvalue weighted by Gasteiger charge is 2.29. The van der Waals surface area contributed by atoms with E-state index in [-0.39, 0.29) is 4.90 Å². The molecule has 5 heteroatoms. The van der Waals surface area contributed by atoms with Gasteiger partial charge in [-0.15, -0.1) is 0 Å². The maximum atomic E-state index is 13.0. The van der Waals surface area contributed by atoms with Crippen LogP contribution < -0.4 is 4.72 Å². The van der Waals surface area contributed by atoms with E-state index in [2.05, 4.69) is 4.72 Å². The topological polar surface area (TPSA) is 55.4 Å². The van der Waals surface area contributed by atoms with Gasteiger partial charge in [-0.25, -0.2) is 13.1 Å². The van der Waals surface area contributed by atoms with Crippen molar-refractivity contribution in [1.82, 2.24) is 4.72 Å². The Balaban J connectivity index is 2.01. The number of ether oxygens (including phenoxy) is 1. The summed E-state index contributed by atoms with van der Waals surface area (Å²) in [6.45, 7) is 1.92. The van der Waals surface area contributed by atoms with Crippen molar-refractivity contribution in [2.24, 2.45) is 0 Å². The molecule has 3 aromatic carbocycles. The standard InChI is InChI=1S/C22H23NO3S/c1-17-13-15-20(16-14-17)27(24,25)23-21(18-9-5-3-6-10-18)22(26-2)19-11-7-4-8-12-19/h3-16,21-23H,1-2H3/t21-,22+/m1/s1. The molecule has 4 nitrogen and oxygen atoms in total. The first-order valence-corrected chi connectivity index (χ1v) is 10.2. The van der Waals surface area contributed by atoms with Gasteiger partial charge in [0.25, 0.3) is 0 Å². The molecule has 0 amide bonds. The smallest absolute Gasteiger partial charge is 0.241 e. The van der Waals surface area contributed by atoms with E-state index in [1.165, 1.54) is 0 Å². The SMILES string of the molecule is CO[C@@H](c1ccccc1)[C@H](NS(=O)(=O)c1ccc(C)cc1)c1ccccc1. The Morgan fingerprint density at radius 3 is 1.81 bits per heavy atom. The first-order valence-electron chi connectivity index (χ1n) is 8.73. The van der Waals surface area contributed by atoms with Gasteiger partial charge >= 0.3 is 0 Å². The van der Waals surface area contributed by atoms with Crippen LogP contribution in [0.2, 0.25) is 0 Å². The van der Waals surface area contributed by atoms with Crippen LogP contribution in [0, 0.1) is 6.92 Å². The zero-order chi connectivity index (χ0) is 19.3. The maximum Gasteiger partial charge on any atom is 0.241 e. The third-order valence-corrected chi connectivity index (χ3v) is 5.91. The number of methoxy groups -OCH3 is 1. The van der Waals surface area contributed by atoms with Crippen LogP contribution in [0.4, 0.5) is 0 Å². The molecule has 3 rings (SSSR count). The van der Waals surface area contributed by atoms with Crippen molar-refractivity contribution in [2.45, 2.75) is 24.0 Å². The molecule has 0 aliphatic heterocycles. The van der Waals surface area contributed by atoms with Gasteiger partial charge in [-0.2, -0.15) is 0 Å². The van der Waals surface area contributed by atoms with Gasteiger partial charge < -0.3 is 4.74 Å². The summed E-state index contributed by atoms with van der Waals surface area (Å²) in [5, 5.41) is 0. The van der Waals surface area contributed by atoms with Gasteiger partial charge in [0.1, 0.15) is 6.10 Å². The maximum absolute atomic E-state index is 13.0. The average molecular weight is 381 g/mol. The molecule has 0 heterocycles. The molecule has 3 aromatic rings. The van der Waals surface area contributed by atoms with Crippen LogP contribution in [0.5, 0.6) is 0 Å². The lowest BCUT2D eigenvalue weighted by Crippen LogP contribution is -2.33. The Morgan fingerprint density at radius 1 is 0.778 bits per heavy atom. The molecule has 0 unspecified atom stereocenters. The van der Waals surface area contributed by atoms with Crippen LogP contribution in [0.15, 0.2) is 89.8 Å². The normalized spacial score (nSPS) is 13.9. The van der Waals surface area contributed by atoms with Gasteiger partial charge in [0.15, 0.2) is 0 Å². The van der Waals surface area contributed by atoms with Crippen molar-refractivity contribution >= 4 is 10.0 Å². The molecular weight excluding hydrogens is 358 g/mol. The fraction of sp³-hybridized carbons (Fsp3) is 0.182. The number of benzene rings is 3. The average Bonchev–Trinajstić information content (AvgIpc) is 2.69. The van der Waals surface area contributed by atoms with Crippen molar-refractivity contribution in [3.05, 3.63) is 102 Å². The predicted molar refractivity (Wildman–Crippen MR) is 107 cm³/mol. The largest absolute Gasteiger partial charge is 0.375 e. The van der Waals surface area contributed by atoms with Gasteiger partial charge in [-0.05, 0) is 30.2 Å². The van der Waals surface area contributed by atoms with Gasteiger partial charge in [-0.3, -0.25) is 0 Å². The molecule has 1 N–H and O–H groups in total. The summed E-state index contributed by atoms with van der Waals surface area (Å²) < 4.78 is 34.6. The number of sulfonamides is 1. The van der Waals surface area contributed by atoms with Crippen LogP contribution >= 0.6 is 0 Å². The summed E-state index contributed by atoms with van der Waals surface area (Å²) >= 11 is 0. The van der Waals surface area contributed by atoms with Crippen molar-refractivity contribution in [1.29, 1.82) is 0 Å².